The van der Waals surface area contributed by atoms with Crippen molar-refractivity contribution >= 4 is 5.91 Å². The van der Waals surface area contributed by atoms with Crippen molar-refractivity contribution in [3.05, 3.63) is 23.5 Å². The summed E-state index contributed by atoms with van der Waals surface area (Å²) in [5, 5.41) is 7.21. The zero-order valence-electron chi connectivity index (χ0n) is 13.3. The molecular formula is C15H22N4O3. The van der Waals surface area contributed by atoms with Crippen LogP contribution in [-0.2, 0) is 19.7 Å². The topological polar surface area (TPSA) is 80.3 Å². The maximum atomic E-state index is 12.4. The van der Waals surface area contributed by atoms with Crippen LogP contribution in [0.1, 0.15) is 44.9 Å². The largest absolute Gasteiger partial charge is 0.500 e. The van der Waals surface area contributed by atoms with Crippen LogP contribution in [0.15, 0.2) is 11.8 Å². The lowest BCUT2D eigenvalue weighted by Crippen LogP contribution is -2.43. The van der Waals surface area contributed by atoms with E-state index < -0.39 is 0 Å². The third-order valence-corrected chi connectivity index (χ3v) is 3.82. The second-order valence-electron chi connectivity index (χ2n) is 6.67. The Balaban J connectivity index is 1.70. The molecule has 0 aliphatic carbocycles. The van der Waals surface area contributed by atoms with E-state index in [4.69, 9.17) is 9.47 Å². The number of H-pyrrole nitrogens is 1. The number of rotatable bonds is 2. The van der Waals surface area contributed by atoms with Gasteiger partial charge in [0.25, 0.3) is 5.91 Å². The number of nitrogens with one attached hydrogen (secondary N) is 1. The fourth-order valence-electron chi connectivity index (χ4n) is 2.50. The van der Waals surface area contributed by atoms with Crippen molar-refractivity contribution in [2.45, 2.75) is 38.7 Å². The molecule has 3 heterocycles. The van der Waals surface area contributed by atoms with Gasteiger partial charge in [-0.1, -0.05) is 20.8 Å². The Labute approximate surface area is 129 Å². The average Bonchev–Trinajstić information content (AvgIpc) is 3.17. The molecule has 0 radical (unpaired) electrons. The summed E-state index contributed by atoms with van der Waals surface area (Å²) in [7, 11) is 0. The Bertz CT molecular complexity index is 588. The van der Waals surface area contributed by atoms with Gasteiger partial charge >= 0.3 is 0 Å². The Kier molecular flexibility index (Phi) is 3.90. The first-order chi connectivity index (χ1) is 10.4. The number of carbonyl (C=O) groups is 1. The molecule has 2 aliphatic heterocycles. The van der Waals surface area contributed by atoms with Gasteiger partial charge in [-0.2, -0.15) is 5.10 Å². The molecule has 0 saturated carbocycles. The summed E-state index contributed by atoms with van der Waals surface area (Å²) < 4.78 is 10.9. The Morgan fingerprint density at radius 2 is 2.23 bits per heavy atom. The second-order valence-corrected chi connectivity index (χ2v) is 6.67. The molecule has 7 heteroatoms. The molecule has 1 N–H and O–H groups in total. The molecule has 0 spiro atoms. The summed E-state index contributed by atoms with van der Waals surface area (Å²) in [6, 6.07) is 0. The van der Waals surface area contributed by atoms with E-state index in [1.165, 1.54) is 0 Å². The van der Waals surface area contributed by atoms with Crippen LogP contribution in [0.2, 0.25) is 0 Å². The minimum atomic E-state index is -0.260. The van der Waals surface area contributed by atoms with Crippen molar-refractivity contribution in [2.75, 3.05) is 26.3 Å². The minimum absolute atomic E-state index is 0.0290. The Morgan fingerprint density at radius 1 is 1.41 bits per heavy atom. The SMILES string of the molecule is CC(C)(C)c1n[nH]c([C@H]2CN(C(=O)C3=COCC3)CCO2)n1. The fourth-order valence-corrected chi connectivity index (χ4v) is 2.50. The number of nitrogens with zero attached hydrogens (tertiary/aromatic N) is 3. The molecule has 1 aromatic heterocycles. The second kappa shape index (κ2) is 5.72. The smallest absolute Gasteiger partial charge is 0.253 e. The van der Waals surface area contributed by atoms with E-state index in [2.05, 4.69) is 36.0 Å². The van der Waals surface area contributed by atoms with Gasteiger partial charge in [-0.25, -0.2) is 4.98 Å². The summed E-state index contributed by atoms with van der Waals surface area (Å²) >= 11 is 0. The highest BCUT2D eigenvalue weighted by Gasteiger charge is 2.31. The Morgan fingerprint density at radius 3 is 2.86 bits per heavy atom. The highest BCUT2D eigenvalue weighted by molar-refractivity contribution is 5.93. The quantitative estimate of drug-likeness (QED) is 0.891. The summed E-state index contributed by atoms with van der Waals surface area (Å²) in [4.78, 5) is 18.7. The predicted octanol–water partition coefficient (Wildman–Crippen LogP) is 1.31. The van der Waals surface area contributed by atoms with Crippen molar-refractivity contribution in [2.24, 2.45) is 0 Å². The number of ether oxygens (including phenoxy) is 2. The van der Waals surface area contributed by atoms with Crippen molar-refractivity contribution in [1.29, 1.82) is 0 Å². The number of morpholine rings is 1. The molecule has 1 aromatic rings. The van der Waals surface area contributed by atoms with Crippen molar-refractivity contribution in [3.63, 3.8) is 0 Å². The lowest BCUT2D eigenvalue weighted by molar-refractivity contribution is -0.135. The number of hydrogen-bond acceptors (Lipinski definition) is 5. The van der Waals surface area contributed by atoms with E-state index in [9.17, 15) is 4.79 Å². The summed E-state index contributed by atoms with van der Waals surface area (Å²) in [6.07, 6.45) is 1.99. The van der Waals surface area contributed by atoms with Gasteiger partial charge in [-0.3, -0.25) is 9.89 Å². The van der Waals surface area contributed by atoms with Gasteiger partial charge in [-0.15, -0.1) is 0 Å². The molecule has 1 fully saturated rings. The third-order valence-electron chi connectivity index (χ3n) is 3.82. The first-order valence-corrected chi connectivity index (χ1v) is 7.59. The van der Waals surface area contributed by atoms with Crippen LogP contribution in [0.4, 0.5) is 0 Å². The summed E-state index contributed by atoms with van der Waals surface area (Å²) in [5.41, 5.74) is 0.610. The molecule has 0 bridgehead atoms. The van der Waals surface area contributed by atoms with E-state index in [0.29, 0.717) is 38.5 Å². The number of hydrogen-bond donors (Lipinski definition) is 1. The van der Waals surface area contributed by atoms with E-state index in [0.717, 1.165) is 11.4 Å². The minimum Gasteiger partial charge on any atom is -0.500 e. The molecule has 1 amide bonds. The molecular weight excluding hydrogens is 284 g/mol. The summed E-state index contributed by atoms with van der Waals surface area (Å²) in [6.45, 7) is 8.34. The van der Waals surface area contributed by atoms with E-state index in [-0.39, 0.29) is 17.4 Å². The van der Waals surface area contributed by atoms with Crippen LogP contribution in [-0.4, -0.2) is 52.3 Å². The molecule has 0 aromatic carbocycles. The maximum Gasteiger partial charge on any atom is 0.253 e. The van der Waals surface area contributed by atoms with Gasteiger partial charge < -0.3 is 14.4 Å². The fraction of sp³-hybridized carbons (Fsp3) is 0.667. The number of aromatic amines is 1. The molecule has 0 unspecified atom stereocenters. The Hall–Kier alpha value is -1.89. The molecule has 1 atom stereocenters. The van der Waals surface area contributed by atoms with Gasteiger partial charge in [-0.05, 0) is 0 Å². The molecule has 3 rings (SSSR count). The number of carbonyl (C=O) groups excluding carboxylic acids is 1. The van der Waals surface area contributed by atoms with Crippen LogP contribution in [0, 0.1) is 0 Å². The zero-order chi connectivity index (χ0) is 15.7. The lowest BCUT2D eigenvalue weighted by Gasteiger charge is -2.32. The molecule has 1 saturated heterocycles. The van der Waals surface area contributed by atoms with Gasteiger partial charge in [0.2, 0.25) is 0 Å². The summed E-state index contributed by atoms with van der Waals surface area (Å²) in [5.74, 6) is 1.46. The number of amides is 1. The van der Waals surface area contributed by atoms with Gasteiger partial charge in [0, 0.05) is 18.4 Å². The van der Waals surface area contributed by atoms with Gasteiger partial charge in [0.05, 0.1) is 31.6 Å². The van der Waals surface area contributed by atoms with Crippen LogP contribution in [0.25, 0.3) is 0 Å². The molecule has 22 heavy (non-hydrogen) atoms. The highest BCUT2D eigenvalue weighted by atomic mass is 16.5. The maximum absolute atomic E-state index is 12.4. The zero-order valence-corrected chi connectivity index (χ0v) is 13.3. The first kappa shape index (κ1) is 15.0. The van der Waals surface area contributed by atoms with Gasteiger partial charge in [0.15, 0.2) is 11.6 Å². The van der Waals surface area contributed by atoms with Crippen molar-refractivity contribution in [1.82, 2.24) is 20.1 Å². The molecule has 2 aliphatic rings. The van der Waals surface area contributed by atoms with Crippen molar-refractivity contribution < 1.29 is 14.3 Å². The first-order valence-electron chi connectivity index (χ1n) is 7.59. The molecule has 7 nitrogen and oxygen atoms in total. The highest BCUT2D eigenvalue weighted by Crippen LogP contribution is 2.24. The van der Waals surface area contributed by atoms with E-state index in [1.807, 2.05) is 0 Å². The normalized spacial score (nSPS) is 22.4. The standard InChI is InChI=1S/C15H22N4O3/c1-15(2,3)14-16-12(17-18-14)11-8-19(5-7-22-11)13(20)10-4-6-21-9-10/h9,11H,4-8H2,1-3H3,(H,16,17,18)/t11-/m1/s1. The van der Waals surface area contributed by atoms with Crippen LogP contribution in [0.3, 0.4) is 0 Å². The van der Waals surface area contributed by atoms with E-state index in [1.54, 1.807) is 11.2 Å². The molecule has 120 valence electrons. The predicted molar refractivity (Wildman–Crippen MR) is 79.0 cm³/mol. The van der Waals surface area contributed by atoms with Gasteiger partial charge in [0.1, 0.15) is 6.10 Å². The van der Waals surface area contributed by atoms with Crippen LogP contribution < -0.4 is 0 Å². The van der Waals surface area contributed by atoms with E-state index >= 15 is 0 Å². The number of aromatic nitrogens is 3. The van der Waals surface area contributed by atoms with Crippen LogP contribution >= 0.6 is 0 Å². The average molecular weight is 306 g/mol. The van der Waals surface area contributed by atoms with Crippen molar-refractivity contribution in [3.8, 4) is 0 Å². The third kappa shape index (κ3) is 2.99. The lowest BCUT2D eigenvalue weighted by atomic mass is 9.96. The monoisotopic (exact) mass is 306 g/mol. The van der Waals surface area contributed by atoms with Crippen LogP contribution in [0.5, 0.6) is 0 Å².